The van der Waals surface area contributed by atoms with Gasteiger partial charge in [0.05, 0.1) is 23.8 Å². The zero-order chi connectivity index (χ0) is 14.5. The van der Waals surface area contributed by atoms with Crippen molar-refractivity contribution in [3.8, 4) is 0 Å². The van der Waals surface area contributed by atoms with Crippen LogP contribution in [0.25, 0.3) is 0 Å². The van der Waals surface area contributed by atoms with E-state index in [0.717, 1.165) is 5.69 Å². The normalized spacial score (nSPS) is 16.0. The molecule has 0 saturated heterocycles. The maximum atomic E-state index is 12.1. The van der Waals surface area contributed by atoms with Crippen LogP contribution in [0.1, 0.15) is 36.6 Å². The zero-order valence-corrected chi connectivity index (χ0v) is 12.6. The molecule has 21 heavy (non-hydrogen) atoms. The summed E-state index contributed by atoms with van der Waals surface area (Å²) >= 11 is 1.54. The van der Waals surface area contributed by atoms with Gasteiger partial charge in [0.25, 0.3) is 0 Å². The number of aromatic nitrogens is 1. The smallest absolute Gasteiger partial charge is 0.315 e. The second-order valence-electron chi connectivity index (χ2n) is 5.39. The highest BCUT2D eigenvalue weighted by atomic mass is 32.1. The highest BCUT2D eigenvalue weighted by Crippen LogP contribution is 2.37. The maximum Gasteiger partial charge on any atom is 0.315 e. The average molecular weight is 301 g/mol. The number of nitrogens with zero attached hydrogens (tertiary/aromatic N) is 1. The summed E-state index contributed by atoms with van der Waals surface area (Å²) in [6.45, 7) is 0.474. The van der Waals surface area contributed by atoms with Gasteiger partial charge in [-0.05, 0) is 24.3 Å². The van der Waals surface area contributed by atoms with Crippen LogP contribution >= 0.6 is 11.3 Å². The molecular formula is C16H19N3OS. The standard InChI is InChI=1S/C16H19N3OS/c20-16(17-9-14-10-21-11-18-14)19-15(13-7-4-8-13)12-5-2-1-3-6-12/h1-3,5-6,10-11,13,15H,4,7-9H2,(H2,17,19,20)/t15-/m0/s1. The molecule has 3 rings (SSSR count). The Morgan fingerprint density at radius 3 is 2.76 bits per heavy atom. The number of carbonyl (C=O) groups excluding carboxylic acids is 1. The lowest BCUT2D eigenvalue weighted by atomic mass is 9.77. The van der Waals surface area contributed by atoms with Gasteiger partial charge in [-0.1, -0.05) is 36.8 Å². The molecule has 5 heteroatoms. The van der Waals surface area contributed by atoms with E-state index in [-0.39, 0.29) is 12.1 Å². The summed E-state index contributed by atoms with van der Waals surface area (Å²) in [7, 11) is 0. The first-order valence-corrected chi connectivity index (χ1v) is 8.23. The number of nitrogens with one attached hydrogen (secondary N) is 2. The Kier molecular flexibility index (Phi) is 4.50. The minimum Gasteiger partial charge on any atom is -0.332 e. The van der Waals surface area contributed by atoms with Crippen LogP contribution in [0, 0.1) is 5.92 Å². The van der Waals surface area contributed by atoms with E-state index in [1.807, 2.05) is 23.6 Å². The third kappa shape index (κ3) is 3.61. The molecule has 0 spiro atoms. The summed E-state index contributed by atoms with van der Waals surface area (Å²) in [6, 6.07) is 10.2. The van der Waals surface area contributed by atoms with Crippen LogP contribution < -0.4 is 10.6 Å². The van der Waals surface area contributed by atoms with Gasteiger partial charge in [-0.15, -0.1) is 11.3 Å². The first-order chi connectivity index (χ1) is 10.3. The second kappa shape index (κ2) is 6.72. The van der Waals surface area contributed by atoms with Crippen molar-refractivity contribution < 1.29 is 4.79 Å². The van der Waals surface area contributed by atoms with Crippen molar-refractivity contribution in [2.24, 2.45) is 5.92 Å². The number of rotatable bonds is 5. The summed E-state index contributed by atoms with van der Waals surface area (Å²) in [5, 5.41) is 7.95. The lowest BCUT2D eigenvalue weighted by Gasteiger charge is -2.34. The van der Waals surface area contributed by atoms with Gasteiger partial charge in [0.15, 0.2) is 0 Å². The van der Waals surface area contributed by atoms with Crippen molar-refractivity contribution >= 4 is 17.4 Å². The monoisotopic (exact) mass is 301 g/mol. The molecule has 1 aliphatic carbocycles. The number of hydrogen-bond acceptors (Lipinski definition) is 3. The molecule has 2 N–H and O–H groups in total. The third-order valence-corrected chi connectivity index (χ3v) is 4.62. The van der Waals surface area contributed by atoms with Gasteiger partial charge >= 0.3 is 6.03 Å². The first kappa shape index (κ1) is 14.1. The minimum absolute atomic E-state index is 0.107. The SMILES string of the molecule is O=C(NCc1cscn1)N[C@@H](c1ccccc1)C1CCC1. The molecule has 2 amide bonds. The van der Waals surface area contributed by atoms with Crippen LogP contribution in [0.15, 0.2) is 41.2 Å². The molecule has 110 valence electrons. The van der Waals surface area contributed by atoms with E-state index in [1.165, 1.54) is 36.2 Å². The highest BCUT2D eigenvalue weighted by Gasteiger charge is 2.29. The molecule has 0 aliphatic heterocycles. The van der Waals surface area contributed by atoms with Gasteiger partial charge in [-0.3, -0.25) is 0 Å². The van der Waals surface area contributed by atoms with Gasteiger partial charge in [-0.25, -0.2) is 9.78 Å². The van der Waals surface area contributed by atoms with Gasteiger partial charge < -0.3 is 10.6 Å². The Hall–Kier alpha value is -1.88. The Morgan fingerprint density at radius 1 is 1.33 bits per heavy atom. The third-order valence-electron chi connectivity index (χ3n) is 3.98. The fraction of sp³-hybridized carbons (Fsp3) is 0.375. The summed E-state index contributed by atoms with van der Waals surface area (Å²) in [6.07, 6.45) is 3.63. The largest absolute Gasteiger partial charge is 0.332 e. The van der Waals surface area contributed by atoms with E-state index < -0.39 is 0 Å². The first-order valence-electron chi connectivity index (χ1n) is 7.29. The van der Waals surface area contributed by atoms with Crippen LogP contribution in [0.4, 0.5) is 4.79 Å². The van der Waals surface area contributed by atoms with Crippen LogP contribution in [-0.4, -0.2) is 11.0 Å². The van der Waals surface area contributed by atoms with Crippen LogP contribution in [-0.2, 0) is 6.54 Å². The van der Waals surface area contributed by atoms with Gasteiger partial charge in [0.2, 0.25) is 0 Å². The van der Waals surface area contributed by atoms with Crippen LogP contribution in [0.2, 0.25) is 0 Å². The highest BCUT2D eigenvalue weighted by molar-refractivity contribution is 7.07. The molecular weight excluding hydrogens is 282 g/mol. The molecule has 0 bridgehead atoms. The van der Waals surface area contributed by atoms with Gasteiger partial charge in [0.1, 0.15) is 0 Å². The topological polar surface area (TPSA) is 54.0 Å². The minimum atomic E-state index is -0.122. The molecule has 1 fully saturated rings. The van der Waals surface area contributed by atoms with Crippen LogP contribution in [0.3, 0.4) is 0 Å². The van der Waals surface area contributed by atoms with E-state index in [1.54, 1.807) is 5.51 Å². The number of amides is 2. The maximum absolute atomic E-state index is 12.1. The number of thiazole rings is 1. The molecule has 4 nitrogen and oxygen atoms in total. The fourth-order valence-corrected chi connectivity index (χ4v) is 3.15. The number of urea groups is 1. The van der Waals surface area contributed by atoms with Crippen molar-refractivity contribution in [1.82, 2.24) is 15.6 Å². The summed E-state index contributed by atoms with van der Waals surface area (Å²) in [5.74, 6) is 0.553. The molecule has 1 aromatic carbocycles. The molecule has 1 aliphatic rings. The number of hydrogen-bond donors (Lipinski definition) is 2. The second-order valence-corrected chi connectivity index (χ2v) is 6.10. The lowest BCUT2D eigenvalue weighted by Crippen LogP contribution is -2.41. The quantitative estimate of drug-likeness (QED) is 0.888. The predicted octanol–water partition coefficient (Wildman–Crippen LogP) is 3.48. The van der Waals surface area contributed by atoms with Crippen molar-refractivity contribution in [3.05, 3.63) is 52.5 Å². The van der Waals surface area contributed by atoms with E-state index >= 15 is 0 Å². The van der Waals surface area contributed by atoms with Crippen molar-refractivity contribution in [2.75, 3.05) is 0 Å². The molecule has 0 unspecified atom stereocenters. The van der Waals surface area contributed by atoms with E-state index in [0.29, 0.717) is 12.5 Å². The Labute approximate surface area is 128 Å². The summed E-state index contributed by atoms with van der Waals surface area (Å²) < 4.78 is 0. The number of carbonyl (C=O) groups is 1. The summed E-state index contributed by atoms with van der Waals surface area (Å²) in [5.41, 5.74) is 3.86. The fourth-order valence-electron chi connectivity index (χ4n) is 2.59. The van der Waals surface area contributed by atoms with Crippen LogP contribution in [0.5, 0.6) is 0 Å². The van der Waals surface area contributed by atoms with Crippen molar-refractivity contribution in [3.63, 3.8) is 0 Å². The molecule has 0 radical (unpaired) electrons. The van der Waals surface area contributed by atoms with Gasteiger partial charge in [0, 0.05) is 5.38 Å². The van der Waals surface area contributed by atoms with E-state index in [9.17, 15) is 4.79 Å². The number of benzene rings is 1. The van der Waals surface area contributed by atoms with Crippen molar-refractivity contribution in [2.45, 2.75) is 31.8 Å². The van der Waals surface area contributed by atoms with Crippen molar-refractivity contribution in [1.29, 1.82) is 0 Å². The molecule has 2 aromatic rings. The average Bonchev–Trinajstić information content (AvgIpc) is 2.97. The van der Waals surface area contributed by atoms with Gasteiger partial charge in [-0.2, -0.15) is 0 Å². The molecule has 1 heterocycles. The zero-order valence-electron chi connectivity index (χ0n) is 11.8. The van der Waals surface area contributed by atoms with E-state index in [2.05, 4.69) is 27.8 Å². The molecule has 1 atom stereocenters. The Morgan fingerprint density at radius 2 is 2.14 bits per heavy atom. The molecule has 1 aromatic heterocycles. The Bertz CT molecular complexity index is 566. The molecule has 1 saturated carbocycles. The Balaban J connectivity index is 1.60. The predicted molar refractivity (Wildman–Crippen MR) is 84.0 cm³/mol. The lowest BCUT2D eigenvalue weighted by molar-refractivity contribution is 0.207. The summed E-state index contributed by atoms with van der Waals surface area (Å²) in [4.78, 5) is 16.3. The van der Waals surface area contributed by atoms with E-state index in [4.69, 9.17) is 0 Å².